The van der Waals surface area contributed by atoms with Gasteiger partial charge >= 0.3 is 0 Å². The molecule has 98 valence electrons. The molecule has 2 atom stereocenters. The molecule has 0 amide bonds. The molecule has 0 saturated heterocycles. The lowest BCUT2D eigenvalue weighted by Gasteiger charge is -2.41. The van der Waals surface area contributed by atoms with E-state index in [-0.39, 0.29) is 0 Å². The molecular formula is C17H25N. The molecule has 2 aliphatic rings. The van der Waals surface area contributed by atoms with E-state index in [0.717, 1.165) is 12.0 Å². The molecule has 1 fully saturated rings. The van der Waals surface area contributed by atoms with E-state index in [4.69, 9.17) is 0 Å². The van der Waals surface area contributed by atoms with Gasteiger partial charge in [-0.15, -0.1) is 0 Å². The Kier molecular flexibility index (Phi) is 3.19. The maximum atomic E-state index is 3.85. The predicted octanol–water partition coefficient (Wildman–Crippen LogP) is 3.88. The minimum atomic E-state index is 0.488. The van der Waals surface area contributed by atoms with E-state index < -0.39 is 0 Å². The van der Waals surface area contributed by atoms with Crippen LogP contribution in [-0.2, 0) is 6.42 Å². The van der Waals surface area contributed by atoms with Gasteiger partial charge in [0.1, 0.15) is 0 Å². The van der Waals surface area contributed by atoms with Crippen molar-refractivity contribution >= 4 is 0 Å². The Morgan fingerprint density at radius 2 is 2.06 bits per heavy atom. The van der Waals surface area contributed by atoms with Gasteiger partial charge in [-0.1, -0.05) is 51.0 Å². The molecule has 1 nitrogen and oxygen atoms in total. The second kappa shape index (κ2) is 4.70. The maximum absolute atomic E-state index is 3.85. The molecule has 0 bridgehead atoms. The van der Waals surface area contributed by atoms with Crippen molar-refractivity contribution in [1.82, 2.24) is 5.32 Å². The van der Waals surface area contributed by atoms with Crippen molar-refractivity contribution in [2.45, 2.75) is 57.9 Å². The second-order valence-electron chi connectivity index (χ2n) is 6.80. The molecule has 18 heavy (non-hydrogen) atoms. The fraction of sp³-hybridized carbons (Fsp3) is 0.647. The molecule has 0 aliphatic heterocycles. The van der Waals surface area contributed by atoms with Crippen molar-refractivity contribution < 1.29 is 0 Å². The first-order valence-electron chi connectivity index (χ1n) is 7.48. The molecule has 1 aromatic rings. The minimum absolute atomic E-state index is 0.488. The lowest BCUT2D eigenvalue weighted by Crippen LogP contribution is -2.46. The van der Waals surface area contributed by atoms with Crippen LogP contribution in [0.25, 0.3) is 0 Å². The average Bonchev–Trinajstić information content (AvgIpc) is 2.32. The second-order valence-corrected chi connectivity index (χ2v) is 6.80. The number of benzene rings is 1. The molecule has 1 N–H and O–H groups in total. The van der Waals surface area contributed by atoms with Crippen LogP contribution in [-0.4, -0.2) is 12.6 Å². The van der Waals surface area contributed by atoms with Crippen LogP contribution in [0.3, 0.4) is 0 Å². The molecule has 0 spiro atoms. The molecule has 2 aliphatic carbocycles. The van der Waals surface area contributed by atoms with E-state index in [1.54, 1.807) is 11.1 Å². The van der Waals surface area contributed by atoms with Gasteiger partial charge in [0.15, 0.2) is 0 Å². The fourth-order valence-corrected chi connectivity index (χ4v) is 3.70. The fourth-order valence-electron chi connectivity index (χ4n) is 3.70. The van der Waals surface area contributed by atoms with Crippen LogP contribution in [0.5, 0.6) is 0 Å². The molecule has 0 radical (unpaired) electrons. The largest absolute Gasteiger partial charge is 0.313 e. The Morgan fingerprint density at radius 1 is 1.22 bits per heavy atom. The summed E-state index contributed by atoms with van der Waals surface area (Å²) in [7, 11) is 0. The standard InChI is InChI=1S/C17H25N/c1-17(2)10-6-5-9-16(17)18-12-14-11-13-7-3-4-8-15(13)14/h3-4,7-8,14,16,18H,5-6,9-12H2,1-2H3. The number of fused-ring (bicyclic) bond motifs is 1. The summed E-state index contributed by atoms with van der Waals surface area (Å²) in [6.45, 7) is 6.03. The lowest BCUT2D eigenvalue weighted by atomic mass is 9.72. The molecular weight excluding hydrogens is 218 g/mol. The van der Waals surface area contributed by atoms with Crippen molar-refractivity contribution in [3.8, 4) is 0 Å². The van der Waals surface area contributed by atoms with Crippen LogP contribution < -0.4 is 5.32 Å². The summed E-state index contributed by atoms with van der Waals surface area (Å²) >= 11 is 0. The first-order chi connectivity index (χ1) is 8.67. The van der Waals surface area contributed by atoms with Gasteiger partial charge in [-0.3, -0.25) is 0 Å². The monoisotopic (exact) mass is 243 g/mol. The van der Waals surface area contributed by atoms with E-state index in [2.05, 4.69) is 43.4 Å². The van der Waals surface area contributed by atoms with E-state index in [1.807, 2.05) is 0 Å². The predicted molar refractivity (Wildman–Crippen MR) is 76.9 cm³/mol. The number of nitrogens with one attached hydrogen (secondary N) is 1. The van der Waals surface area contributed by atoms with E-state index in [9.17, 15) is 0 Å². The van der Waals surface area contributed by atoms with Gasteiger partial charge in [0.05, 0.1) is 0 Å². The SMILES string of the molecule is CC1(C)CCCCC1NCC1Cc2ccccc21. The van der Waals surface area contributed by atoms with E-state index in [0.29, 0.717) is 5.41 Å². The first kappa shape index (κ1) is 12.2. The molecule has 1 saturated carbocycles. The van der Waals surface area contributed by atoms with E-state index >= 15 is 0 Å². The number of rotatable bonds is 3. The Hall–Kier alpha value is -0.820. The summed E-state index contributed by atoms with van der Waals surface area (Å²) in [5.41, 5.74) is 3.63. The van der Waals surface area contributed by atoms with Crippen LogP contribution in [0.2, 0.25) is 0 Å². The topological polar surface area (TPSA) is 12.0 Å². The highest BCUT2D eigenvalue weighted by molar-refractivity contribution is 5.40. The highest BCUT2D eigenvalue weighted by atomic mass is 14.9. The minimum Gasteiger partial charge on any atom is -0.313 e. The Balaban J connectivity index is 1.57. The number of hydrogen-bond donors (Lipinski definition) is 1. The summed E-state index contributed by atoms with van der Waals surface area (Å²) < 4.78 is 0. The zero-order valence-electron chi connectivity index (χ0n) is 11.7. The highest BCUT2D eigenvalue weighted by Gasteiger charge is 2.33. The molecule has 0 aromatic heterocycles. The Morgan fingerprint density at radius 3 is 2.83 bits per heavy atom. The van der Waals surface area contributed by atoms with Gasteiger partial charge in [0.2, 0.25) is 0 Å². The van der Waals surface area contributed by atoms with Crippen molar-refractivity contribution in [3.05, 3.63) is 35.4 Å². The van der Waals surface area contributed by atoms with Gasteiger partial charge < -0.3 is 5.32 Å². The molecule has 1 aromatic carbocycles. The van der Waals surface area contributed by atoms with Gasteiger partial charge in [0, 0.05) is 18.5 Å². The summed E-state index contributed by atoms with van der Waals surface area (Å²) in [5, 5.41) is 3.85. The number of hydrogen-bond acceptors (Lipinski definition) is 1. The normalized spacial score (nSPS) is 29.4. The molecule has 2 unspecified atom stereocenters. The van der Waals surface area contributed by atoms with Gasteiger partial charge in [-0.2, -0.15) is 0 Å². The van der Waals surface area contributed by atoms with Gasteiger partial charge in [-0.25, -0.2) is 0 Å². The summed E-state index contributed by atoms with van der Waals surface area (Å²) in [5.74, 6) is 0.763. The van der Waals surface area contributed by atoms with Crippen molar-refractivity contribution in [2.75, 3.05) is 6.54 Å². The molecule has 1 heteroatoms. The summed E-state index contributed by atoms with van der Waals surface area (Å²) in [4.78, 5) is 0. The van der Waals surface area contributed by atoms with Gasteiger partial charge in [-0.05, 0) is 35.8 Å². The Labute approximate surface area is 111 Å². The first-order valence-corrected chi connectivity index (χ1v) is 7.48. The molecule has 3 rings (SSSR count). The van der Waals surface area contributed by atoms with Crippen LogP contribution >= 0.6 is 0 Å². The third kappa shape index (κ3) is 2.21. The lowest BCUT2D eigenvalue weighted by molar-refractivity contribution is 0.165. The van der Waals surface area contributed by atoms with Crippen LogP contribution in [0.1, 0.15) is 56.6 Å². The average molecular weight is 243 g/mol. The summed E-state index contributed by atoms with van der Waals surface area (Å²) in [6.07, 6.45) is 6.84. The van der Waals surface area contributed by atoms with Crippen LogP contribution in [0.15, 0.2) is 24.3 Å². The van der Waals surface area contributed by atoms with Crippen molar-refractivity contribution in [3.63, 3.8) is 0 Å². The Bertz CT molecular complexity index is 421. The third-order valence-corrected chi connectivity index (χ3v) is 5.08. The van der Waals surface area contributed by atoms with Crippen molar-refractivity contribution in [2.24, 2.45) is 5.41 Å². The van der Waals surface area contributed by atoms with Crippen molar-refractivity contribution in [1.29, 1.82) is 0 Å². The third-order valence-electron chi connectivity index (χ3n) is 5.08. The van der Waals surface area contributed by atoms with Crippen LogP contribution in [0.4, 0.5) is 0 Å². The smallest absolute Gasteiger partial charge is 0.0118 e. The molecule has 0 heterocycles. The quantitative estimate of drug-likeness (QED) is 0.849. The maximum Gasteiger partial charge on any atom is 0.0118 e. The zero-order chi connectivity index (χ0) is 12.6. The zero-order valence-corrected chi connectivity index (χ0v) is 11.7. The summed E-state index contributed by atoms with van der Waals surface area (Å²) in [6, 6.07) is 9.63. The highest BCUT2D eigenvalue weighted by Crippen LogP contribution is 2.37. The van der Waals surface area contributed by atoms with Gasteiger partial charge in [0.25, 0.3) is 0 Å². The van der Waals surface area contributed by atoms with Crippen LogP contribution in [0, 0.1) is 5.41 Å². The van der Waals surface area contributed by atoms with E-state index in [1.165, 1.54) is 38.6 Å².